The predicted octanol–water partition coefficient (Wildman–Crippen LogP) is 0.585. The Morgan fingerprint density at radius 3 is 2.94 bits per heavy atom. The van der Waals surface area contributed by atoms with Gasteiger partial charge in [-0.3, -0.25) is 9.69 Å². The molecule has 0 aromatic rings. The van der Waals surface area contributed by atoms with E-state index in [9.17, 15) is 4.79 Å². The normalized spacial score (nSPS) is 25.8. The first-order valence-electron chi connectivity index (χ1n) is 6.33. The fourth-order valence-electron chi connectivity index (χ4n) is 2.18. The van der Waals surface area contributed by atoms with Crippen LogP contribution in [-0.2, 0) is 4.79 Å². The van der Waals surface area contributed by atoms with E-state index in [-0.39, 0.29) is 5.91 Å². The average Bonchev–Trinajstić information content (AvgIpc) is 2.26. The van der Waals surface area contributed by atoms with Crippen LogP contribution in [0.4, 0.5) is 0 Å². The smallest absolute Gasteiger partial charge is 0.234 e. The van der Waals surface area contributed by atoms with Crippen molar-refractivity contribution in [2.24, 2.45) is 0 Å². The molecule has 2 atom stereocenters. The number of rotatable bonds is 5. The lowest BCUT2D eigenvalue weighted by atomic mass is 9.99. The summed E-state index contributed by atoms with van der Waals surface area (Å²) >= 11 is 0. The minimum Gasteiger partial charge on any atom is -0.355 e. The molecule has 0 bridgehead atoms. The second-order valence-corrected chi connectivity index (χ2v) is 4.80. The van der Waals surface area contributed by atoms with Gasteiger partial charge in [-0.1, -0.05) is 6.92 Å². The van der Waals surface area contributed by atoms with Crippen molar-refractivity contribution in [3.63, 3.8) is 0 Å². The van der Waals surface area contributed by atoms with Gasteiger partial charge in [-0.2, -0.15) is 0 Å². The molecule has 1 rings (SSSR count). The zero-order valence-electron chi connectivity index (χ0n) is 10.8. The first kappa shape index (κ1) is 13.5. The summed E-state index contributed by atoms with van der Waals surface area (Å²) in [7, 11) is 2.05. The molecule has 0 radical (unpaired) electrons. The second kappa shape index (κ2) is 6.86. The fraction of sp³-hybridized carbons (Fsp3) is 0.917. The summed E-state index contributed by atoms with van der Waals surface area (Å²) in [6.07, 6.45) is 3.28. The van der Waals surface area contributed by atoms with E-state index >= 15 is 0 Å². The number of carbonyl (C=O) groups excluding carboxylic acids is 1. The van der Waals surface area contributed by atoms with Gasteiger partial charge in [0.25, 0.3) is 0 Å². The molecule has 16 heavy (non-hydrogen) atoms. The Hall–Kier alpha value is -0.610. The maximum absolute atomic E-state index is 11.6. The van der Waals surface area contributed by atoms with Crippen molar-refractivity contribution >= 4 is 5.91 Å². The third-order valence-electron chi connectivity index (χ3n) is 3.18. The van der Waals surface area contributed by atoms with E-state index in [1.165, 1.54) is 0 Å². The minimum atomic E-state index is 0.149. The topological polar surface area (TPSA) is 44.4 Å². The Morgan fingerprint density at radius 1 is 1.56 bits per heavy atom. The summed E-state index contributed by atoms with van der Waals surface area (Å²) in [6.45, 7) is 6.65. The first-order chi connectivity index (χ1) is 7.63. The van der Waals surface area contributed by atoms with Crippen molar-refractivity contribution in [3.05, 3.63) is 0 Å². The van der Waals surface area contributed by atoms with Crippen molar-refractivity contribution < 1.29 is 4.79 Å². The highest BCUT2D eigenvalue weighted by molar-refractivity contribution is 5.77. The van der Waals surface area contributed by atoms with Crippen LogP contribution in [0.15, 0.2) is 0 Å². The number of amides is 1. The lowest BCUT2D eigenvalue weighted by Crippen LogP contribution is -2.48. The van der Waals surface area contributed by atoms with Gasteiger partial charge in [-0.05, 0) is 39.8 Å². The molecule has 0 aromatic heterocycles. The van der Waals surface area contributed by atoms with Crippen molar-refractivity contribution in [1.82, 2.24) is 15.5 Å². The molecule has 94 valence electrons. The van der Waals surface area contributed by atoms with Crippen LogP contribution in [0.2, 0.25) is 0 Å². The van der Waals surface area contributed by atoms with Gasteiger partial charge in [0.2, 0.25) is 5.91 Å². The van der Waals surface area contributed by atoms with E-state index in [2.05, 4.69) is 29.4 Å². The van der Waals surface area contributed by atoms with Crippen molar-refractivity contribution in [3.8, 4) is 0 Å². The lowest BCUT2D eigenvalue weighted by Gasteiger charge is -2.34. The summed E-state index contributed by atoms with van der Waals surface area (Å²) in [6, 6.07) is 1.11. The maximum atomic E-state index is 11.6. The molecule has 2 unspecified atom stereocenters. The van der Waals surface area contributed by atoms with Gasteiger partial charge in [0.15, 0.2) is 0 Å². The lowest BCUT2D eigenvalue weighted by molar-refractivity contribution is -0.122. The van der Waals surface area contributed by atoms with Crippen LogP contribution in [0, 0.1) is 0 Å². The second-order valence-electron chi connectivity index (χ2n) is 4.80. The molecule has 2 N–H and O–H groups in total. The monoisotopic (exact) mass is 227 g/mol. The molecule has 4 heteroatoms. The zero-order valence-corrected chi connectivity index (χ0v) is 10.8. The SMILES string of the molecule is CCCNC(=O)CN(C)C1CCNC(C)C1. The summed E-state index contributed by atoms with van der Waals surface area (Å²) < 4.78 is 0. The van der Waals surface area contributed by atoms with E-state index in [4.69, 9.17) is 0 Å². The molecule has 4 nitrogen and oxygen atoms in total. The Labute approximate surface area is 98.8 Å². The van der Waals surface area contributed by atoms with Crippen molar-refractivity contribution in [2.75, 3.05) is 26.7 Å². The molecule has 0 aromatic carbocycles. The molecule has 1 heterocycles. The largest absolute Gasteiger partial charge is 0.355 e. The highest BCUT2D eigenvalue weighted by Crippen LogP contribution is 2.13. The van der Waals surface area contributed by atoms with Gasteiger partial charge in [0.05, 0.1) is 6.54 Å². The highest BCUT2D eigenvalue weighted by Gasteiger charge is 2.22. The Balaban J connectivity index is 2.27. The summed E-state index contributed by atoms with van der Waals surface area (Å²) in [5.74, 6) is 0.149. The number of nitrogens with zero attached hydrogens (tertiary/aromatic N) is 1. The first-order valence-corrected chi connectivity index (χ1v) is 6.33. The van der Waals surface area contributed by atoms with Crippen LogP contribution in [-0.4, -0.2) is 49.6 Å². The third-order valence-corrected chi connectivity index (χ3v) is 3.18. The number of nitrogens with one attached hydrogen (secondary N) is 2. The Bertz CT molecular complexity index is 220. The van der Waals surface area contributed by atoms with Crippen molar-refractivity contribution in [1.29, 1.82) is 0 Å². The van der Waals surface area contributed by atoms with Gasteiger partial charge < -0.3 is 10.6 Å². The van der Waals surface area contributed by atoms with E-state index < -0.39 is 0 Å². The maximum Gasteiger partial charge on any atom is 0.234 e. The average molecular weight is 227 g/mol. The number of carbonyl (C=O) groups is 1. The summed E-state index contributed by atoms with van der Waals surface area (Å²) in [4.78, 5) is 13.8. The number of likely N-dealkylation sites (N-methyl/N-ethyl adjacent to an activating group) is 1. The molecule has 1 fully saturated rings. The molecule has 1 amide bonds. The molecule has 0 aliphatic carbocycles. The number of hydrogen-bond donors (Lipinski definition) is 2. The molecule has 1 aliphatic rings. The van der Waals surface area contributed by atoms with Crippen LogP contribution in [0.3, 0.4) is 0 Å². The quantitative estimate of drug-likeness (QED) is 0.722. The molecular weight excluding hydrogens is 202 g/mol. The Morgan fingerprint density at radius 2 is 2.31 bits per heavy atom. The molecule has 0 spiro atoms. The van der Waals surface area contributed by atoms with Crippen LogP contribution < -0.4 is 10.6 Å². The summed E-state index contributed by atoms with van der Waals surface area (Å²) in [5, 5.41) is 6.34. The van der Waals surface area contributed by atoms with Gasteiger partial charge in [-0.15, -0.1) is 0 Å². The number of hydrogen-bond acceptors (Lipinski definition) is 3. The van der Waals surface area contributed by atoms with Gasteiger partial charge in [0.1, 0.15) is 0 Å². The number of piperidine rings is 1. The standard InChI is InChI=1S/C12H25N3O/c1-4-6-14-12(16)9-15(3)11-5-7-13-10(2)8-11/h10-11,13H,4-9H2,1-3H3,(H,14,16). The third kappa shape index (κ3) is 4.49. The van der Waals surface area contributed by atoms with E-state index in [0.717, 1.165) is 32.4 Å². The fourth-order valence-corrected chi connectivity index (χ4v) is 2.18. The van der Waals surface area contributed by atoms with E-state index in [0.29, 0.717) is 18.6 Å². The highest BCUT2D eigenvalue weighted by atomic mass is 16.2. The zero-order chi connectivity index (χ0) is 12.0. The van der Waals surface area contributed by atoms with Gasteiger partial charge >= 0.3 is 0 Å². The molecule has 1 saturated heterocycles. The van der Waals surface area contributed by atoms with Gasteiger partial charge in [-0.25, -0.2) is 0 Å². The predicted molar refractivity (Wildman–Crippen MR) is 66.4 cm³/mol. The van der Waals surface area contributed by atoms with Crippen molar-refractivity contribution in [2.45, 2.75) is 45.2 Å². The van der Waals surface area contributed by atoms with Crippen LogP contribution in [0.1, 0.15) is 33.1 Å². The minimum absolute atomic E-state index is 0.149. The van der Waals surface area contributed by atoms with Crippen LogP contribution >= 0.6 is 0 Å². The summed E-state index contributed by atoms with van der Waals surface area (Å²) in [5.41, 5.74) is 0. The van der Waals surface area contributed by atoms with E-state index in [1.54, 1.807) is 0 Å². The van der Waals surface area contributed by atoms with E-state index in [1.807, 2.05) is 7.05 Å². The molecular formula is C12H25N3O. The Kier molecular flexibility index (Phi) is 5.77. The molecule has 0 saturated carbocycles. The van der Waals surface area contributed by atoms with Crippen LogP contribution in [0.25, 0.3) is 0 Å². The molecule has 1 aliphatic heterocycles. The van der Waals surface area contributed by atoms with Gasteiger partial charge in [0, 0.05) is 18.6 Å². The van der Waals surface area contributed by atoms with Crippen LogP contribution in [0.5, 0.6) is 0 Å².